The zero-order valence-electron chi connectivity index (χ0n) is 16.4. The molecule has 2 atom stereocenters. The molecule has 1 aromatic rings. The number of rotatable bonds is 4. The number of amides is 1. The summed E-state index contributed by atoms with van der Waals surface area (Å²) in [5.41, 5.74) is 3.21. The maximum absolute atomic E-state index is 11.8. The summed E-state index contributed by atoms with van der Waals surface area (Å²) in [7, 11) is 4.65. The lowest BCUT2D eigenvalue weighted by Gasteiger charge is -2.23. The number of aliphatic hydroxyl groups excluding tert-OH is 2. The first-order chi connectivity index (χ1) is 13.4. The number of carbonyl (C=O) groups is 1. The summed E-state index contributed by atoms with van der Waals surface area (Å²) >= 11 is 0. The number of ether oxygens (including phenoxy) is 3. The van der Waals surface area contributed by atoms with Crippen LogP contribution in [0.25, 0.3) is 5.57 Å². The van der Waals surface area contributed by atoms with E-state index in [1.165, 1.54) is 20.1 Å². The van der Waals surface area contributed by atoms with Gasteiger partial charge in [0.05, 0.1) is 27.4 Å². The van der Waals surface area contributed by atoms with E-state index in [9.17, 15) is 15.0 Å². The minimum atomic E-state index is -1.16. The van der Waals surface area contributed by atoms with Crippen molar-refractivity contribution in [1.29, 1.82) is 0 Å². The molecule has 150 valence electrons. The second kappa shape index (κ2) is 7.98. The van der Waals surface area contributed by atoms with Crippen LogP contribution in [0.15, 0.2) is 35.6 Å². The molecule has 0 aromatic heterocycles. The summed E-state index contributed by atoms with van der Waals surface area (Å²) < 4.78 is 16.7. The zero-order valence-corrected chi connectivity index (χ0v) is 16.4. The fraction of sp³-hybridized carbons (Fsp3) is 0.381. The highest BCUT2D eigenvalue weighted by atomic mass is 16.5. The molecule has 0 saturated carbocycles. The van der Waals surface area contributed by atoms with Crippen molar-refractivity contribution in [3.8, 4) is 17.2 Å². The Morgan fingerprint density at radius 1 is 1.14 bits per heavy atom. The van der Waals surface area contributed by atoms with E-state index < -0.39 is 6.10 Å². The van der Waals surface area contributed by atoms with Crippen molar-refractivity contribution in [2.45, 2.75) is 31.9 Å². The number of carbonyl (C=O) groups excluding carboxylic acids is 1. The van der Waals surface area contributed by atoms with Gasteiger partial charge in [0.1, 0.15) is 11.9 Å². The highest BCUT2D eigenvalue weighted by Crippen LogP contribution is 2.49. The van der Waals surface area contributed by atoms with Crippen LogP contribution in [-0.2, 0) is 11.2 Å². The molecule has 0 aliphatic heterocycles. The third-order valence-electron chi connectivity index (χ3n) is 5.01. The van der Waals surface area contributed by atoms with Crippen LogP contribution in [0, 0.1) is 0 Å². The third-order valence-corrected chi connectivity index (χ3v) is 5.01. The Morgan fingerprint density at radius 2 is 1.86 bits per heavy atom. The van der Waals surface area contributed by atoms with Gasteiger partial charge in [0.15, 0.2) is 11.5 Å². The van der Waals surface area contributed by atoms with Crippen LogP contribution < -0.4 is 19.5 Å². The Hall–Kier alpha value is -2.93. The van der Waals surface area contributed by atoms with Crippen molar-refractivity contribution < 1.29 is 29.2 Å². The second-order valence-electron chi connectivity index (χ2n) is 6.71. The van der Waals surface area contributed by atoms with Crippen molar-refractivity contribution in [2.75, 3.05) is 21.3 Å². The monoisotopic (exact) mass is 387 g/mol. The summed E-state index contributed by atoms with van der Waals surface area (Å²) in [5, 5.41) is 23.3. The Morgan fingerprint density at radius 3 is 2.46 bits per heavy atom. The molecule has 2 aliphatic rings. The normalized spacial score (nSPS) is 21.0. The maximum Gasteiger partial charge on any atom is 0.217 e. The molecule has 1 amide bonds. The standard InChI is InChI=1S/C21H25NO6/c1-11(23)22-15-7-5-12-9-18(26-2)20(27-3)21(28-4)19(12)13-6-8-16(24)17(25)10-14(13)15/h6,8-10,15,17,24-25H,5,7H2,1-4H3,(H,22,23)/t15-,17-/m0/s1. The quantitative estimate of drug-likeness (QED) is 0.733. The Bertz CT molecular complexity index is 883. The van der Waals surface area contributed by atoms with Crippen LogP contribution in [0.3, 0.4) is 0 Å². The lowest BCUT2D eigenvalue weighted by atomic mass is 9.91. The fourth-order valence-electron chi connectivity index (χ4n) is 3.79. The lowest BCUT2D eigenvalue weighted by Crippen LogP contribution is -2.35. The molecule has 1 aromatic carbocycles. The van der Waals surface area contributed by atoms with Crippen molar-refractivity contribution in [2.24, 2.45) is 0 Å². The molecule has 0 fully saturated rings. The van der Waals surface area contributed by atoms with Gasteiger partial charge in [-0.25, -0.2) is 0 Å². The van der Waals surface area contributed by atoms with Crippen LogP contribution in [0.2, 0.25) is 0 Å². The molecule has 0 bridgehead atoms. The molecule has 0 saturated heterocycles. The van der Waals surface area contributed by atoms with Crippen molar-refractivity contribution in [3.63, 3.8) is 0 Å². The first-order valence-electron chi connectivity index (χ1n) is 9.01. The van der Waals surface area contributed by atoms with E-state index in [0.29, 0.717) is 35.7 Å². The molecule has 28 heavy (non-hydrogen) atoms. The predicted molar refractivity (Wildman–Crippen MR) is 105 cm³/mol. The predicted octanol–water partition coefficient (Wildman–Crippen LogP) is 2.29. The fourth-order valence-corrected chi connectivity index (χ4v) is 3.79. The topological polar surface area (TPSA) is 97.2 Å². The second-order valence-corrected chi connectivity index (χ2v) is 6.71. The molecule has 7 nitrogen and oxygen atoms in total. The number of methoxy groups -OCH3 is 3. The average Bonchev–Trinajstić information content (AvgIpc) is 2.90. The molecule has 0 spiro atoms. The largest absolute Gasteiger partial charge is 0.509 e. The Labute approximate surface area is 163 Å². The summed E-state index contributed by atoms with van der Waals surface area (Å²) in [4.78, 5) is 11.8. The lowest BCUT2D eigenvalue weighted by molar-refractivity contribution is -0.119. The molecule has 7 heteroatoms. The van der Waals surface area contributed by atoms with Crippen LogP contribution >= 0.6 is 0 Å². The van der Waals surface area contributed by atoms with Crippen LogP contribution in [0.4, 0.5) is 0 Å². The maximum atomic E-state index is 11.8. The van der Waals surface area contributed by atoms with E-state index >= 15 is 0 Å². The van der Waals surface area contributed by atoms with E-state index in [2.05, 4.69) is 5.32 Å². The van der Waals surface area contributed by atoms with E-state index in [4.69, 9.17) is 14.2 Å². The summed E-state index contributed by atoms with van der Waals surface area (Å²) in [6.45, 7) is 1.46. The van der Waals surface area contributed by atoms with E-state index in [1.54, 1.807) is 26.4 Å². The van der Waals surface area contributed by atoms with Gasteiger partial charge in [-0.3, -0.25) is 4.79 Å². The molecule has 0 heterocycles. The number of benzene rings is 1. The first kappa shape index (κ1) is 19.8. The summed E-state index contributed by atoms with van der Waals surface area (Å²) in [6, 6.07) is 1.57. The number of nitrogens with one attached hydrogen (secondary N) is 1. The third kappa shape index (κ3) is 3.45. The number of aliphatic hydroxyl groups is 2. The minimum Gasteiger partial charge on any atom is -0.509 e. The molecule has 0 radical (unpaired) electrons. The van der Waals surface area contributed by atoms with E-state index in [1.807, 2.05) is 6.07 Å². The van der Waals surface area contributed by atoms with E-state index in [-0.39, 0.29) is 17.7 Å². The minimum absolute atomic E-state index is 0.171. The van der Waals surface area contributed by atoms with E-state index in [0.717, 1.165) is 16.7 Å². The zero-order chi connectivity index (χ0) is 20.4. The van der Waals surface area contributed by atoms with Crippen LogP contribution in [-0.4, -0.2) is 49.6 Å². The molecule has 0 unspecified atom stereocenters. The molecule has 3 rings (SSSR count). The molecular formula is C21H25NO6. The number of aryl methyl sites for hydroxylation is 1. The van der Waals surface area contributed by atoms with Gasteiger partial charge in [0.2, 0.25) is 11.7 Å². The van der Waals surface area contributed by atoms with Gasteiger partial charge < -0.3 is 29.7 Å². The number of fused-ring (bicyclic) bond motifs is 3. The van der Waals surface area contributed by atoms with Gasteiger partial charge in [-0.2, -0.15) is 0 Å². The summed E-state index contributed by atoms with van der Waals surface area (Å²) in [6.07, 6.45) is 4.85. The van der Waals surface area contributed by atoms with Crippen LogP contribution in [0.1, 0.15) is 24.5 Å². The van der Waals surface area contributed by atoms with Crippen molar-refractivity contribution >= 4 is 11.5 Å². The SMILES string of the molecule is COc1cc2c(c(OC)c1OC)C1=CC=C(O)[C@@H](O)C=C1[C@@H](NC(C)=O)CC2. The van der Waals surface area contributed by atoms with Crippen LogP contribution in [0.5, 0.6) is 17.2 Å². The van der Waals surface area contributed by atoms with Gasteiger partial charge in [-0.15, -0.1) is 0 Å². The highest BCUT2D eigenvalue weighted by molar-refractivity contribution is 5.90. The molecule has 3 N–H and O–H groups in total. The molecular weight excluding hydrogens is 362 g/mol. The molecule has 2 aliphatic carbocycles. The highest BCUT2D eigenvalue weighted by Gasteiger charge is 2.32. The Kier molecular flexibility index (Phi) is 5.65. The van der Waals surface area contributed by atoms with Crippen molar-refractivity contribution in [1.82, 2.24) is 5.32 Å². The van der Waals surface area contributed by atoms with Gasteiger partial charge in [0.25, 0.3) is 0 Å². The van der Waals surface area contributed by atoms with Gasteiger partial charge in [0, 0.05) is 12.5 Å². The van der Waals surface area contributed by atoms with Gasteiger partial charge >= 0.3 is 0 Å². The average molecular weight is 387 g/mol. The number of allylic oxidation sites excluding steroid dienone is 2. The van der Waals surface area contributed by atoms with Crippen molar-refractivity contribution in [3.05, 3.63) is 46.8 Å². The first-order valence-corrected chi connectivity index (χ1v) is 9.01. The summed E-state index contributed by atoms with van der Waals surface area (Å²) in [5.74, 6) is 1.17. The number of hydrogen-bond donors (Lipinski definition) is 3. The number of hydrogen-bond acceptors (Lipinski definition) is 6. The smallest absolute Gasteiger partial charge is 0.217 e. The Balaban J connectivity index is 2.30. The van der Waals surface area contributed by atoms with Gasteiger partial charge in [-0.05, 0) is 47.8 Å². The van der Waals surface area contributed by atoms with Gasteiger partial charge in [-0.1, -0.05) is 6.08 Å².